The summed E-state index contributed by atoms with van der Waals surface area (Å²) in [5.41, 5.74) is 0. The number of hydrogen-bond acceptors (Lipinski definition) is 3. The molecule has 2 fully saturated rings. The van der Waals surface area contributed by atoms with Crippen LogP contribution in [0.15, 0.2) is 0 Å². The van der Waals surface area contributed by atoms with Gasteiger partial charge in [0.1, 0.15) is 0 Å². The lowest BCUT2D eigenvalue weighted by atomic mass is 10.2. The molecule has 2 unspecified atom stereocenters. The van der Waals surface area contributed by atoms with Gasteiger partial charge in [-0.2, -0.15) is 12.6 Å². The van der Waals surface area contributed by atoms with Crippen LogP contribution in [0.25, 0.3) is 0 Å². The number of nitrogens with zero attached hydrogens (tertiary/aromatic N) is 1. The minimum atomic E-state index is 0.0709. The Morgan fingerprint density at radius 2 is 2.27 bits per heavy atom. The van der Waals surface area contributed by atoms with Gasteiger partial charge in [-0.1, -0.05) is 0 Å². The monoisotopic (exact) mass is 172 g/mol. The summed E-state index contributed by atoms with van der Waals surface area (Å²) in [5.74, 6) is 0. The lowest BCUT2D eigenvalue weighted by Crippen LogP contribution is -2.51. The van der Waals surface area contributed by atoms with Crippen molar-refractivity contribution in [1.29, 1.82) is 0 Å². The highest BCUT2D eigenvalue weighted by atomic mass is 32.1. The topological polar surface area (TPSA) is 15.3 Å². The lowest BCUT2D eigenvalue weighted by molar-refractivity contribution is 0.160. The van der Waals surface area contributed by atoms with E-state index in [1.165, 1.54) is 13.0 Å². The van der Waals surface area contributed by atoms with Gasteiger partial charge in [0.05, 0.1) is 4.87 Å². The Bertz CT molecular complexity index is 164. The molecular formula is C8H16N2S. The Hall–Kier alpha value is 0.270. The van der Waals surface area contributed by atoms with Crippen molar-refractivity contribution in [2.45, 2.75) is 37.2 Å². The van der Waals surface area contributed by atoms with Crippen molar-refractivity contribution < 1.29 is 0 Å². The summed E-state index contributed by atoms with van der Waals surface area (Å²) in [6.07, 6.45) is 1.32. The van der Waals surface area contributed by atoms with Crippen molar-refractivity contribution in [2.75, 3.05) is 13.1 Å². The second kappa shape index (κ2) is 2.38. The van der Waals surface area contributed by atoms with Crippen molar-refractivity contribution in [2.24, 2.45) is 0 Å². The van der Waals surface area contributed by atoms with Crippen LogP contribution in [0, 0.1) is 0 Å². The molecule has 64 valence electrons. The minimum absolute atomic E-state index is 0.0709. The highest BCUT2D eigenvalue weighted by Gasteiger charge is 2.42. The molecule has 0 spiro atoms. The molecule has 0 aromatic heterocycles. The van der Waals surface area contributed by atoms with Crippen LogP contribution < -0.4 is 5.32 Å². The van der Waals surface area contributed by atoms with E-state index in [9.17, 15) is 0 Å². The maximum Gasteiger partial charge on any atom is 0.0587 e. The zero-order valence-corrected chi connectivity index (χ0v) is 8.06. The smallest absolute Gasteiger partial charge is 0.0587 e. The van der Waals surface area contributed by atoms with E-state index in [4.69, 9.17) is 0 Å². The van der Waals surface area contributed by atoms with E-state index in [1.54, 1.807) is 0 Å². The third-order valence-corrected chi connectivity index (χ3v) is 3.02. The fourth-order valence-electron chi connectivity index (χ4n) is 2.23. The maximum atomic E-state index is 4.58. The Labute approximate surface area is 73.7 Å². The van der Waals surface area contributed by atoms with Crippen LogP contribution in [0.3, 0.4) is 0 Å². The van der Waals surface area contributed by atoms with E-state index >= 15 is 0 Å². The van der Waals surface area contributed by atoms with E-state index in [0.29, 0.717) is 0 Å². The summed E-state index contributed by atoms with van der Waals surface area (Å²) < 4.78 is 0. The van der Waals surface area contributed by atoms with Crippen LogP contribution in [0.5, 0.6) is 0 Å². The van der Waals surface area contributed by atoms with Gasteiger partial charge in [0.2, 0.25) is 0 Å². The van der Waals surface area contributed by atoms with E-state index in [-0.39, 0.29) is 4.87 Å². The molecule has 2 aliphatic rings. The van der Waals surface area contributed by atoms with E-state index < -0.39 is 0 Å². The lowest BCUT2D eigenvalue weighted by Gasteiger charge is -2.37. The molecule has 0 saturated carbocycles. The van der Waals surface area contributed by atoms with Gasteiger partial charge in [-0.25, -0.2) is 0 Å². The summed E-state index contributed by atoms with van der Waals surface area (Å²) in [5, 5.41) is 3.48. The summed E-state index contributed by atoms with van der Waals surface area (Å²) in [4.78, 5) is 2.57. The van der Waals surface area contributed by atoms with Gasteiger partial charge < -0.3 is 5.32 Å². The zero-order valence-electron chi connectivity index (χ0n) is 7.17. The first-order valence-corrected chi connectivity index (χ1v) is 4.74. The van der Waals surface area contributed by atoms with Crippen molar-refractivity contribution in [3.8, 4) is 0 Å². The number of hydrogen-bond donors (Lipinski definition) is 2. The maximum absolute atomic E-state index is 4.58. The van der Waals surface area contributed by atoms with Crippen LogP contribution in [-0.2, 0) is 0 Å². The van der Waals surface area contributed by atoms with E-state index in [0.717, 1.165) is 18.6 Å². The van der Waals surface area contributed by atoms with Crippen LogP contribution >= 0.6 is 12.6 Å². The van der Waals surface area contributed by atoms with Crippen molar-refractivity contribution >= 4 is 12.6 Å². The van der Waals surface area contributed by atoms with Gasteiger partial charge in [-0.15, -0.1) is 0 Å². The van der Waals surface area contributed by atoms with Crippen LogP contribution in [0.2, 0.25) is 0 Å². The fourth-order valence-corrected chi connectivity index (χ4v) is 2.48. The molecule has 0 aliphatic carbocycles. The third-order valence-electron chi connectivity index (χ3n) is 2.76. The summed E-state index contributed by atoms with van der Waals surface area (Å²) >= 11 is 4.58. The quantitative estimate of drug-likeness (QED) is 0.566. The predicted octanol–water partition coefficient (Wildman–Crippen LogP) is 0.698. The first-order chi connectivity index (χ1) is 5.07. The Kier molecular flexibility index (Phi) is 1.71. The predicted molar refractivity (Wildman–Crippen MR) is 50.0 cm³/mol. The first kappa shape index (κ1) is 7.90. The van der Waals surface area contributed by atoms with Crippen LogP contribution in [-0.4, -0.2) is 34.9 Å². The molecule has 0 aromatic rings. The largest absolute Gasteiger partial charge is 0.311 e. The van der Waals surface area contributed by atoms with E-state index in [1.807, 2.05) is 0 Å². The normalized spacial score (nSPS) is 38.5. The number of thiol groups is 1. The highest BCUT2D eigenvalue weighted by Crippen LogP contribution is 2.32. The number of likely N-dealkylation sites (tertiary alicyclic amines) is 1. The average molecular weight is 172 g/mol. The van der Waals surface area contributed by atoms with Gasteiger partial charge in [0.25, 0.3) is 0 Å². The molecule has 1 N–H and O–H groups in total. The molecule has 2 atom stereocenters. The molecule has 2 saturated heterocycles. The fraction of sp³-hybridized carbons (Fsp3) is 1.00. The number of fused-ring (bicyclic) bond motifs is 2. The highest BCUT2D eigenvalue weighted by molar-refractivity contribution is 7.81. The Morgan fingerprint density at radius 1 is 1.55 bits per heavy atom. The molecule has 11 heavy (non-hydrogen) atoms. The van der Waals surface area contributed by atoms with Gasteiger partial charge in [-0.05, 0) is 20.3 Å². The molecule has 2 nitrogen and oxygen atoms in total. The van der Waals surface area contributed by atoms with Gasteiger partial charge in [0, 0.05) is 25.2 Å². The summed E-state index contributed by atoms with van der Waals surface area (Å²) in [7, 11) is 0. The van der Waals surface area contributed by atoms with Gasteiger partial charge in [0.15, 0.2) is 0 Å². The van der Waals surface area contributed by atoms with Gasteiger partial charge >= 0.3 is 0 Å². The van der Waals surface area contributed by atoms with Crippen molar-refractivity contribution in [1.82, 2.24) is 10.2 Å². The molecule has 0 amide bonds. The molecule has 2 aliphatic heterocycles. The van der Waals surface area contributed by atoms with E-state index in [2.05, 4.69) is 36.7 Å². The van der Waals surface area contributed by atoms with Crippen molar-refractivity contribution in [3.63, 3.8) is 0 Å². The zero-order chi connectivity index (χ0) is 8.06. The van der Waals surface area contributed by atoms with Crippen LogP contribution in [0.4, 0.5) is 0 Å². The second-order valence-electron chi connectivity index (χ2n) is 4.14. The second-order valence-corrected chi connectivity index (χ2v) is 5.24. The molecule has 0 radical (unpaired) electrons. The Morgan fingerprint density at radius 3 is 2.55 bits per heavy atom. The molecule has 2 rings (SSSR count). The Balaban J connectivity index is 2.08. The number of piperazine rings is 1. The standard InChI is InChI=1S/C8H16N2S/c1-8(2,11)10-5-6-3-7(10)4-9-6/h6-7,9,11H,3-5H2,1-2H3. The summed E-state index contributed by atoms with van der Waals surface area (Å²) in [6.45, 7) is 6.70. The average Bonchev–Trinajstić information content (AvgIpc) is 2.42. The molecule has 0 aromatic carbocycles. The molecule has 2 bridgehead atoms. The summed E-state index contributed by atoms with van der Waals surface area (Å²) in [6, 6.07) is 1.49. The third kappa shape index (κ3) is 1.30. The minimum Gasteiger partial charge on any atom is -0.311 e. The molecule has 2 heterocycles. The SMILES string of the molecule is CC(C)(S)N1CC2CC1CN2. The molecule has 3 heteroatoms. The van der Waals surface area contributed by atoms with Crippen molar-refractivity contribution in [3.05, 3.63) is 0 Å². The number of rotatable bonds is 1. The first-order valence-electron chi connectivity index (χ1n) is 4.30. The number of nitrogens with one attached hydrogen (secondary N) is 1. The van der Waals surface area contributed by atoms with Gasteiger partial charge in [-0.3, -0.25) is 4.90 Å². The molecular weight excluding hydrogens is 156 g/mol. The van der Waals surface area contributed by atoms with Crippen LogP contribution in [0.1, 0.15) is 20.3 Å².